The molecule has 0 saturated heterocycles. The number of hydrogen-bond donors (Lipinski definition) is 1. The Morgan fingerprint density at radius 1 is 0.920 bits per heavy atom. The molecule has 0 atom stereocenters. The van der Waals surface area contributed by atoms with E-state index >= 15 is 0 Å². The first kappa shape index (κ1) is 18.8. The molecule has 0 aromatic heterocycles. The Labute approximate surface area is 150 Å². The molecule has 25 heavy (non-hydrogen) atoms. The summed E-state index contributed by atoms with van der Waals surface area (Å²) >= 11 is 0. The highest BCUT2D eigenvalue weighted by molar-refractivity contribution is 6.07. The van der Waals surface area contributed by atoms with E-state index in [1.807, 2.05) is 6.07 Å². The SMILES string of the molecule is COc1ccc(OC)c(C(=O)Nc2c(C(C)C)cccc2C(C)C)c1. The maximum Gasteiger partial charge on any atom is 0.259 e. The van der Waals surface area contributed by atoms with Crippen molar-refractivity contribution in [2.24, 2.45) is 0 Å². The highest BCUT2D eigenvalue weighted by Gasteiger charge is 2.19. The summed E-state index contributed by atoms with van der Waals surface area (Å²) < 4.78 is 10.6. The molecule has 2 aromatic rings. The molecule has 4 heteroatoms. The Morgan fingerprint density at radius 2 is 1.52 bits per heavy atom. The summed E-state index contributed by atoms with van der Waals surface area (Å²) in [6.07, 6.45) is 0. The number of para-hydroxylation sites is 1. The molecule has 0 aliphatic carbocycles. The molecule has 2 rings (SSSR count). The summed E-state index contributed by atoms with van der Waals surface area (Å²) in [6, 6.07) is 11.4. The maximum absolute atomic E-state index is 13.0. The first-order chi connectivity index (χ1) is 11.9. The number of rotatable bonds is 6. The topological polar surface area (TPSA) is 47.6 Å². The average molecular weight is 341 g/mol. The van der Waals surface area contributed by atoms with Gasteiger partial charge in [0.15, 0.2) is 0 Å². The smallest absolute Gasteiger partial charge is 0.259 e. The van der Waals surface area contributed by atoms with Crippen molar-refractivity contribution < 1.29 is 14.3 Å². The van der Waals surface area contributed by atoms with Crippen LogP contribution in [0.3, 0.4) is 0 Å². The summed E-state index contributed by atoms with van der Waals surface area (Å²) in [7, 11) is 3.13. The molecule has 4 nitrogen and oxygen atoms in total. The summed E-state index contributed by atoms with van der Waals surface area (Å²) in [5.74, 6) is 1.55. The van der Waals surface area contributed by atoms with E-state index in [0.29, 0.717) is 28.9 Å². The molecule has 0 aliphatic heterocycles. The normalized spacial score (nSPS) is 10.9. The quantitative estimate of drug-likeness (QED) is 0.785. The Kier molecular flexibility index (Phi) is 6.07. The number of benzene rings is 2. The van der Waals surface area contributed by atoms with Crippen LogP contribution in [0.2, 0.25) is 0 Å². The number of ether oxygens (including phenoxy) is 2. The van der Waals surface area contributed by atoms with Crippen LogP contribution in [0.4, 0.5) is 5.69 Å². The maximum atomic E-state index is 13.0. The van der Waals surface area contributed by atoms with Crippen molar-refractivity contribution in [3.8, 4) is 11.5 Å². The first-order valence-electron chi connectivity index (χ1n) is 8.55. The van der Waals surface area contributed by atoms with E-state index in [9.17, 15) is 4.79 Å². The summed E-state index contributed by atoms with van der Waals surface area (Å²) in [4.78, 5) is 13.0. The molecular formula is C21H27NO3. The van der Waals surface area contributed by atoms with E-state index in [0.717, 1.165) is 16.8 Å². The van der Waals surface area contributed by atoms with Crippen LogP contribution in [0.25, 0.3) is 0 Å². The fourth-order valence-corrected chi connectivity index (χ4v) is 2.87. The van der Waals surface area contributed by atoms with E-state index in [4.69, 9.17) is 9.47 Å². The van der Waals surface area contributed by atoms with Crippen LogP contribution in [-0.4, -0.2) is 20.1 Å². The molecule has 0 fully saturated rings. The number of methoxy groups -OCH3 is 2. The largest absolute Gasteiger partial charge is 0.497 e. The minimum atomic E-state index is -0.203. The molecule has 0 spiro atoms. The third-order valence-electron chi connectivity index (χ3n) is 4.26. The molecular weight excluding hydrogens is 314 g/mol. The number of nitrogens with one attached hydrogen (secondary N) is 1. The molecule has 0 saturated carbocycles. The van der Waals surface area contributed by atoms with Crippen LogP contribution in [0.1, 0.15) is 61.0 Å². The van der Waals surface area contributed by atoms with Crippen molar-refractivity contribution in [2.75, 3.05) is 19.5 Å². The van der Waals surface area contributed by atoms with Crippen molar-refractivity contribution in [2.45, 2.75) is 39.5 Å². The van der Waals surface area contributed by atoms with Gasteiger partial charge in [-0.25, -0.2) is 0 Å². The van der Waals surface area contributed by atoms with Gasteiger partial charge in [-0.2, -0.15) is 0 Å². The number of carbonyl (C=O) groups is 1. The van der Waals surface area contributed by atoms with Gasteiger partial charge < -0.3 is 14.8 Å². The van der Waals surface area contributed by atoms with E-state index in [1.165, 1.54) is 0 Å². The van der Waals surface area contributed by atoms with E-state index in [2.05, 4.69) is 45.1 Å². The Balaban J connectivity index is 2.48. The Hall–Kier alpha value is -2.49. The van der Waals surface area contributed by atoms with Crippen molar-refractivity contribution in [3.63, 3.8) is 0 Å². The molecule has 0 aliphatic rings. The fraction of sp³-hybridized carbons (Fsp3) is 0.381. The van der Waals surface area contributed by atoms with Crippen molar-refractivity contribution >= 4 is 11.6 Å². The molecule has 2 aromatic carbocycles. The van der Waals surface area contributed by atoms with Crippen molar-refractivity contribution in [1.82, 2.24) is 0 Å². The van der Waals surface area contributed by atoms with Crippen LogP contribution < -0.4 is 14.8 Å². The lowest BCUT2D eigenvalue weighted by molar-refractivity contribution is 0.102. The lowest BCUT2D eigenvalue weighted by Crippen LogP contribution is -2.17. The predicted molar refractivity (Wildman–Crippen MR) is 102 cm³/mol. The van der Waals surface area contributed by atoms with Crippen LogP contribution in [0.5, 0.6) is 11.5 Å². The van der Waals surface area contributed by atoms with Gasteiger partial charge in [0, 0.05) is 5.69 Å². The molecule has 0 radical (unpaired) electrons. The standard InChI is InChI=1S/C21H27NO3/c1-13(2)16-8-7-9-17(14(3)4)20(16)22-21(23)18-12-15(24-5)10-11-19(18)25-6/h7-14H,1-6H3,(H,22,23). The highest BCUT2D eigenvalue weighted by atomic mass is 16.5. The van der Waals surface area contributed by atoms with Crippen LogP contribution in [0, 0.1) is 0 Å². The average Bonchev–Trinajstić information content (AvgIpc) is 2.60. The molecule has 1 amide bonds. The minimum absolute atomic E-state index is 0.203. The number of anilines is 1. The minimum Gasteiger partial charge on any atom is -0.497 e. The van der Waals surface area contributed by atoms with Crippen LogP contribution in [0.15, 0.2) is 36.4 Å². The monoisotopic (exact) mass is 341 g/mol. The van der Waals surface area contributed by atoms with Gasteiger partial charge in [0.2, 0.25) is 0 Å². The lowest BCUT2D eigenvalue weighted by Gasteiger charge is -2.20. The fourth-order valence-electron chi connectivity index (χ4n) is 2.87. The second-order valence-electron chi connectivity index (χ2n) is 6.64. The molecule has 0 heterocycles. The predicted octanol–water partition coefficient (Wildman–Crippen LogP) is 5.20. The van der Waals surface area contributed by atoms with Gasteiger partial charge in [0.25, 0.3) is 5.91 Å². The van der Waals surface area contributed by atoms with Crippen LogP contribution >= 0.6 is 0 Å². The molecule has 0 unspecified atom stereocenters. The molecule has 1 N–H and O–H groups in total. The number of carbonyl (C=O) groups excluding carboxylic acids is 1. The summed E-state index contributed by atoms with van der Waals surface area (Å²) in [5.41, 5.74) is 3.60. The zero-order valence-corrected chi connectivity index (χ0v) is 15.8. The van der Waals surface area contributed by atoms with Crippen molar-refractivity contribution in [1.29, 1.82) is 0 Å². The highest BCUT2D eigenvalue weighted by Crippen LogP contribution is 2.33. The number of amides is 1. The van der Waals surface area contributed by atoms with Gasteiger partial charge >= 0.3 is 0 Å². The Morgan fingerprint density at radius 3 is 2.00 bits per heavy atom. The van der Waals surface area contributed by atoms with E-state index in [1.54, 1.807) is 32.4 Å². The van der Waals surface area contributed by atoms with E-state index < -0.39 is 0 Å². The van der Waals surface area contributed by atoms with Gasteiger partial charge in [0.05, 0.1) is 19.8 Å². The van der Waals surface area contributed by atoms with Gasteiger partial charge in [0.1, 0.15) is 11.5 Å². The Bertz CT molecular complexity index is 725. The van der Waals surface area contributed by atoms with Crippen LogP contribution in [-0.2, 0) is 0 Å². The van der Waals surface area contributed by atoms with E-state index in [-0.39, 0.29) is 5.91 Å². The number of hydrogen-bond acceptors (Lipinski definition) is 3. The van der Waals surface area contributed by atoms with Gasteiger partial charge in [-0.3, -0.25) is 4.79 Å². The second kappa shape index (κ2) is 8.06. The second-order valence-corrected chi connectivity index (χ2v) is 6.64. The van der Waals surface area contributed by atoms with Gasteiger partial charge in [-0.1, -0.05) is 45.9 Å². The molecule has 0 bridgehead atoms. The third kappa shape index (κ3) is 4.13. The summed E-state index contributed by atoms with van der Waals surface area (Å²) in [5, 5.41) is 3.11. The lowest BCUT2D eigenvalue weighted by atomic mass is 9.92. The van der Waals surface area contributed by atoms with Gasteiger partial charge in [-0.05, 0) is 41.2 Å². The third-order valence-corrected chi connectivity index (χ3v) is 4.26. The summed E-state index contributed by atoms with van der Waals surface area (Å²) in [6.45, 7) is 8.50. The van der Waals surface area contributed by atoms with Crippen molar-refractivity contribution in [3.05, 3.63) is 53.1 Å². The zero-order chi connectivity index (χ0) is 18.6. The van der Waals surface area contributed by atoms with Gasteiger partial charge in [-0.15, -0.1) is 0 Å². The first-order valence-corrected chi connectivity index (χ1v) is 8.55. The molecule has 134 valence electrons. The zero-order valence-electron chi connectivity index (χ0n) is 15.8.